The number of carbonyl (C=O) groups is 2. The first-order chi connectivity index (χ1) is 17.0. The lowest BCUT2D eigenvalue weighted by molar-refractivity contribution is -0.129. The maximum absolute atomic E-state index is 13.1. The Morgan fingerprint density at radius 2 is 1.89 bits per heavy atom. The quantitative estimate of drug-likeness (QED) is 0.427. The van der Waals surface area contributed by atoms with Gasteiger partial charge in [0.15, 0.2) is 0 Å². The van der Waals surface area contributed by atoms with E-state index in [0.717, 1.165) is 49.4 Å². The summed E-state index contributed by atoms with van der Waals surface area (Å²) in [6.07, 6.45) is 0.709. The minimum Gasteiger partial charge on any atom is -0.488 e. The summed E-state index contributed by atoms with van der Waals surface area (Å²) >= 11 is 0. The summed E-state index contributed by atoms with van der Waals surface area (Å²) < 4.78 is 11.7. The maximum Gasteiger partial charge on any atom is 0.255 e. The number of aliphatic hydroxyl groups is 1. The Morgan fingerprint density at radius 3 is 2.63 bits per heavy atom. The molecule has 2 amide bonds. The van der Waals surface area contributed by atoms with Gasteiger partial charge in [-0.3, -0.25) is 9.59 Å². The number of piperidine rings is 1. The molecule has 2 unspecified atom stereocenters. The molecule has 2 aromatic carbocycles. The summed E-state index contributed by atoms with van der Waals surface area (Å²) in [5.74, 6) is 0.382. The molecule has 2 atom stereocenters. The van der Waals surface area contributed by atoms with E-state index in [1.54, 1.807) is 4.90 Å². The fourth-order valence-electron chi connectivity index (χ4n) is 4.60. The molecular formula is C27H35N3O5. The molecule has 0 saturated carbocycles. The molecule has 1 saturated heterocycles. The van der Waals surface area contributed by atoms with Crippen molar-refractivity contribution < 1.29 is 24.2 Å². The lowest BCUT2D eigenvalue weighted by Gasteiger charge is -2.35. The van der Waals surface area contributed by atoms with E-state index in [0.29, 0.717) is 37.3 Å². The molecule has 0 aromatic heterocycles. The summed E-state index contributed by atoms with van der Waals surface area (Å²) in [6, 6.07) is 11.6. The van der Waals surface area contributed by atoms with Crippen LogP contribution in [0.25, 0.3) is 0 Å². The van der Waals surface area contributed by atoms with E-state index in [1.807, 2.05) is 19.1 Å². The number of rotatable bonds is 11. The molecule has 8 nitrogen and oxygen atoms in total. The van der Waals surface area contributed by atoms with Crippen molar-refractivity contribution >= 4 is 11.8 Å². The Labute approximate surface area is 206 Å². The van der Waals surface area contributed by atoms with Gasteiger partial charge < -0.3 is 30.1 Å². The number of nitrogens with zero attached hydrogens (tertiary/aromatic N) is 1. The summed E-state index contributed by atoms with van der Waals surface area (Å²) in [5, 5.41) is 16.2. The van der Waals surface area contributed by atoms with Gasteiger partial charge in [-0.25, -0.2) is 0 Å². The van der Waals surface area contributed by atoms with E-state index in [9.17, 15) is 14.7 Å². The van der Waals surface area contributed by atoms with Crippen molar-refractivity contribution in [2.45, 2.75) is 65.1 Å². The molecule has 0 spiro atoms. The Bertz CT molecular complexity index is 1040. The molecule has 8 heteroatoms. The predicted octanol–water partition coefficient (Wildman–Crippen LogP) is 2.64. The van der Waals surface area contributed by atoms with Crippen molar-refractivity contribution in [3.63, 3.8) is 0 Å². The summed E-state index contributed by atoms with van der Waals surface area (Å²) in [6.45, 7) is 7.95. The maximum atomic E-state index is 13.1. The zero-order chi connectivity index (χ0) is 24.8. The number of ether oxygens (including phenoxy) is 2. The van der Waals surface area contributed by atoms with Crippen molar-refractivity contribution in [1.29, 1.82) is 0 Å². The number of aryl methyl sites for hydroxylation is 1. The predicted molar refractivity (Wildman–Crippen MR) is 132 cm³/mol. The SMILES string of the molecule is CCCOCCNCc1ccc(COc2c(C)ccc3c2CN(C2CCC(=O)NC2O)C3=O)cc1. The second-order valence-electron chi connectivity index (χ2n) is 9.18. The highest BCUT2D eigenvalue weighted by atomic mass is 16.5. The van der Waals surface area contributed by atoms with Crippen LogP contribution in [0.3, 0.4) is 0 Å². The van der Waals surface area contributed by atoms with Crippen LogP contribution in [-0.2, 0) is 29.2 Å². The van der Waals surface area contributed by atoms with Crippen molar-refractivity contribution in [2.75, 3.05) is 19.8 Å². The number of nitrogens with one attached hydrogen (secondary N) is 2. The molecule has 2 heterocycles. The lowest BCUT2D eigenvalue weighted by atomic mass is 10.0. The second kappa shape index (κ2) is 11.7. The molecule has 188 valence electrons. The first-order valence-corrected chi connectivity index (χ1v) is 12.4. The molecule has 35 heavy (non-hydrogen) atoms. The second-order valence-corrected chi connectivity index (χ2v) is 9.18. The van der Waals surface area contributed by atoms with E-state index in [1.165, 1.54) is 5.56 Å². The Hall–Kier alpha value is -2.94. The van der Waals surface area contributed by atoms with Crippen LogP contribution in [-0.4, -0.2) is 53.8 Å². The highest BCUT2D eigenvalue weighted by Crippen LogP contribution is 2.36. The topological polar surface area (TPSA) is 100 Å². The van der Waals surface area contributed by atoms with Crippen molar-refractivity contribution in [3.8, 4) is 5.75 Å². The van der Waals surface area contributed by atoms with Gasteiger partial charge in [-0.1, -0.05) is 37.3 Å². The molecule has 2 aliphatic rings. The van der Waals surface area contributed by atoms with E-state index < -0.39 is 12.3 Å². The van der Waals surface area contributed by atoms with E-state index >= 15 is 0 Å². The number of aliphatic hydroxyl groups excluding tert-OH is 1. The monoisotopic (exact) mass is 481 g/mol. The van der Waals surface area contributed by atoms with Crippen LogP contribution in [0.1, 0.15) is 58.8 Å². The summed E-state index contributed by atoms with van der Waals surface area (Å²) in [7, 11) is 0. The molecule has 0 radical (unpaired) electrons. The smallest absolute Gasteiger partial charge is 0.255 e. The van der Waals surface area contributed by atoms with Gasteiger partial charge in [-0.05, 0) is 42.5 Å². The summed E-state index contributed by atoms with van der Waals surface area (Å²) in [4.78, 5) is 26.3. The minimum atomic E-state index is -1.06. The molecule has 1 fully saturated rings. The van der Waals surface area contributed by atoms with E-state index in [-0.39, 0.29) is 11.8 Å². The van der Waals surface area contributed by atoms with Crippen LogP contribution in [0, 0.1) is 6.92 Å². The van der Waals surface area contributed by atoms with Crippen LogP contribution >= 0.6 is 0 Å². The van der Waals surface area contributed by atoms with E-state index in [4.69, 9.17) is 9.47 Å². The highest BCUT2D eigenvalue weighted by Gasteiger charge is 2.40. The zero-order valence-corrected chi connectivity index (χ0v) is 20.5. The van der Waals surface area contributed by atoms with Crippen LogP contribution in [0.15, 0.2) is 36.4 Å². The highest BCUT2D eigenvalue weighted by molar-refractivity contribution is 5.99. The van der Waals surface area contributed by atoms with Gasteiger partial charge in [0.1, 0.15) is 18.6 Å². The lowest BCUT2D eigenvalue weighted by Crippen LogP contribution is -2.55. The average molecular weight is 482 g/mol. The first-order valence-electron chi connectivity index (χ1n) is 12.4. The van der Waals surface area contributed by atoms with Gasteiger partial charge in [0.2, 0.25) is 5.91 Å². The van der Waals surface area contributed by atoms with Crippen LogP contribution < -0.4 is 15.4 Å². The number of hydrogen-bond acceptors (Lipinski definition) is 6. The third-order valence-corrected chi connectivity index (χ3v) is 6.52. The molecule has 2 aromatic rings. The van der Waals surface area contributed by atoms with Crippen molar-refractivity contribution in [2.24, 2.45) is 0 Å². The largest absolute Gasteiger partial charge is 0.488 e. The summed E-state index contributed by atoms with van der Waals surface area (Å²) in [5.41, 5.74) is 4.63. The van der Waals surface area contributed by atoms with Gasteiger partial charge in [-0.2, -0.15) is 0 Å². The number of benzene rings is 2. The van der Waals surface area contributed by atoms with Gasteiger partial charge in [0.05, 0.1) is 19.2 Å². The normalized spacial score (nSPS) is 19.6. The number of amides is 2. The molecule has 2 aliphatic heterocycles. The fourth-order valence-corrected chi connectivity index (χ4v) is 4.60. The Balaban J connectivity index is 1.36. The number of carbonyl (C=O) groups excluding carboxylic acids is 2. The number of fused-ring (bicyclic) bond motifs is 1. The van der Waals surface area contributed by atoms with Crippen LogP contribution in [0.5, 0.6) is 5.75 Å². The first kappa shape index (κ1) is 25.2. The van der Waals surface area contributed by atoms with Crippen molar-refractivity contribution in [1.82, 2.24) is 15.5 Å². The average Bonchev–Trinajstić information content (AvgIpc) is 3.17. The standard InChI is InChI=1S/C27H35N3O5/c1-3-13-34-14-12-28-15-19-5-7-20(8-6-19)17-35-25-18(2)4-9-21-22(25)16-30(27(21)33)23-10-11-24(31)29-26(23)32/h4-9,23,26,28,32H,3,10-17H2,1-2H3,(H,29,31). The molecule has 0 aliphatic carbocycles. The van der Waals surface area contributed by atoms with Crippen LogP contribution in [0.4, 0.5) is 0 Å². The van der Waals surface area contributed by atoms with Gasteiger partial charge in [-0.15, -0.1) is 0 Å². The fraction of sp³-hybridized carbons (Fsp3) is 0.481. The number of hydrogen-bond donors (Lipinski definition) is 3. The third kappa shape index (κ3) is 6.01. The van der Waals surface area contributed by atoms with E-state index in [2.05, 4.69) is 41.8 Å². The van der Waals surface area contributed by atoms with Crippen molar-refractivity contribution in [3.05, 3.63) is 64.2 Å². The minimum absolute atomic E-state index is 0.137. The molecule has 0 bridgehead atoms. The molecule has 4 rings (SSSR count). The van der Waals surface area contributed by atoms with Gasteiger partial charge in [0, 0.05) is 37.2 Å². The molecular weight excluding hydrogens is 446 g/mol. The Morgan fingerprint density at radius 1 is 1.11 bits per heavy atom. The van der Waals surface area contributed by atoms with Gasteiger partial charge in [0.25, 0.3) is 5.91 Å². The van der Waals surface area contributed by atoms with Crippen LogP contribution in [0.2, 0.25) is 0 Å². The zero-order valence-electron chi connectivity index (χ0n) is 20.5. The Kier molecular flexibility index (Phi) is 8.38. The van der Waals surface area contributed by atoms with Gasteiger partial charge >= 0.3 is 0 Å². The third-order valence-electron chi connectivity index (χ3n) is 6.52. The molecule has 3 N–H and O–H groups in total.